The van der Waals surface area contributed by atoms with Crippen LogP contribution in [-0.4, -0.2) is 38.2 Å². The van der Waals surface area contributed by atoms with Crippen molar-refractivity contribution in [3.05, 3.63) is 89.5 Å². The van der Waals surface area contributed by atoms with Crippen molar-refractivity contribution < 1.29 is 18.0 Å². The van der Waals surface area contributed by atoms with Crippen LogP contribution in [0.1, 0.15) is 34.8 Å². The highest BCUT2D eigenvalue weighted by Crippen LogP contribution is 2.18. The lowest BCUT2D eigenvalue weighted by Crippen LogP contribution is -2.38. The lowest BCUT2D eigenvalue weighted by molar-refractivity contribution is -0.116. The molecule has 0 unspecified atom stereocenters. The van der Waals surface area contributed by atoms with Crippen LogP contribution in [0.4, 0.5) is 11.4 Å². The van der Waals surface area contributed by atoms with Gasteiger partial charge in [0, 0.05) is 23.5 Å². The van der Waals surface area contributed by atoms with Crippen molar-refractivity contribution in [2.75, 3.05) is 23.1 Å². The maximum atomic E-state index is 13.1. The molecule has 0 radical (unpaired) electrons. The van der Waals surface area contributed by atoms with Crippen molar-refractivity contribution in [1.82, 2.24) is 4.90 Å². The first-order valence-electron chi connectivity index (χ1n) is 11.0. The first-order valence-corrected chi connectivity index (χ1v) is 12.5. The largest absolute Gasteiger partial charge is 0.329 e. The van der Waals surface area contributed by atoms with Gasteiger partial charge in [-0.05, 0) is 68.3 Å². The molecule has 3 aromatic rings. The topological polar surface area (TPSA) is 95.6 Å². The minimum atomic E-state index is -3.80. The predicted molar refractivity (Wildman–Crippen MR) is 134 cm³/mol. The lowest BCUT2D eigenvalue weighted by atomic mass is 10.2. The van der Waals surface area contributed by atoms with E-state index in [1.165, 1.54) is 29.2 Å². The minimum absolute atomic E-state index is 0.0453. The van der Waals surface area contributed by atoms with Crippen LogP contribution in [0.25, 0.3) is 0 Å². The van der Waals surface area contributed by atoms with Crippen LogP contribution in [0.2, 0.25) is 0 Å². The quantitative estimate of drug-likeness (QED) is 0.469. The fraction of sp³-hybridized carbons (Fsp3) is 0.231. The van der Waals surface area contributed by atoms with Gasteiger partial charge in [-0.15, -0.1) is 0 Å². The molecule has 0 aliphatic heterocycles. The summed E-state index contributed by atoms with van der Waals surface area (Å²) in [5.74, 6) is -0.630. The molecule has 0 saturated carbocycles. The Morgan fingerprint density at radius 1 is 0.882 bits per heavy atom. The number of anilines is 2. The number of hydrogen-bond acceptors (Lipinski definition) is 4. The molecule has 0 saturated heterocycles. The van der Waals surface area contributed by atoms with Crippen LogP contribution in [0.15, 0.2) is 77.7 Å². The van der Waals surface area contributed by atoms with Crippen LogP contribution < -0.4 is 10.0 Å². The van der Waals surface area contributed by atoms with Crippen LogP contribution >= 0.6 is 0 Å². The summed E-state index contributed by atoms with van der Waals surface area (Å²) < 4.78 is 27.9. The molecule has 0 aliphatic rings. The van der Waals surface area contributed by atoms with E-state index in [9.17, 15) is 18.0 Å². The molecular weight excluding hydrogens is 450 g/mol. The van der Waals surface area contributed by atoms with Gasteiger partial charge in [0.1, 0.15) is 6.54 Å². The smallest absolute Gasteiger partial charge is 0.261 e. The number of aryl methyl sites for hydroxylation is 2. The van der Waals surface area contributed by atoms with Crippen LogP contribution in [0.3, 0.4) is 0 Å². The number of rotatable bonds is 9. The molecule has 3 rings (SSSR count). The first-order chi connectivity index (χ1) is 16.2. The Labute approximate surface area is 200 Å². The molecule has 0 aliphatic carbocycles. The van der Waals surface area contributed by atoms with Gasteiger partial charge in [0.25, 0.3) is 15.9 Å². The molecule has 0 bridgehead atoms. The van der Waals surface area contributed by atoms with Crippen molar-refractivity contribution in [1.29, 1.82) is 0 Å². The minimum Gasteiger partial charge on any atom is -0.329 e. The van der Waals surface area contributed by atoms with Gasteiger partial charge >= 0.3 is 0 Å². The maximum Gasteiger partial charge on any atom is 0.261 e. The monoisotopic (exact) mass is 479 g/mol. The van der Waals surface area contributed by atoms with Crippen LogP contribution in [0, 0.1) is 13.8 Å². The Kier molecular flexibility index (Phi) is 8.07. The number of nitrogens with zero attached hydrogens (tertiary/aromatic N) is 1. The maximum absolute atomic E-state index is 13.1. The molecule has 0 atom stereocenters. The Morgan fingerprint density at radius 2 is 1.53 bits per heavy atom. The van der Waals surface area contributed by atoms with Crippen molar-refractivity contribution in [2.24, 2.45) is 0 Å². The molecule has 2 amide bonds. The summed E-state index contributed by atoms with van der Waals surface area (Å²) in [6.07, 6.45) is 0.677. The van der Waals surface area contributed by atoms with Crippen LogP contribution in [0.5, 0.6) is 0 Å². The first kappa shape index (κ1) is 25.0. The van der Waals surface area contributed by atoms with Gasteiger partial charge in [0.05, 0.1) is 4.90 Å². The second-order valence-electron chi connectivity index (χ2n) is 8.09. The summed E-state index contributed by atoms with van der Waals surface area (Å²) in [6, 6.07) is 20.2. The molecule has 0 fully saturated rings. The third-order valence-corrected chi connectivity index (χ3v) is 6.65. The molecule has 8 heteroatoms. The van der Waals surface area contributed by atoms with Gasteiger partial charge < -0.3 is 10.2 Å². The highest BCUT2D eigenvalue weighted by Gasteiger charge is 2.20. The Bertz CT molecular complexity index is 1250. The third kappa shape index (κ3) is 6.45. The number of benzene rings is 3. The summed E-state index contributed by atoms with van der Waals surface area (Å²) in [5.41, 5.74) is 3.42. The highest BCUT2D eigenvalue weighted by molar-refractivity contribution is 7.92. The molecule has 7 nitrogen and oxygen atoms in total. The second-order valence-corrected chi connectivity index (χ2v) is 9.77. The molecule has 3 aromatic carbocycles. The van der Waals surface area contributed by atoms with Crippen LogP contribution in [-0.2, 0) is 14.8 Å². The van der Waals surface area contributed by atoms with Gasteiger partial charge in [-0.25, -0.2) is 8.42 Å². The SMILES string of the molecule is CCCN(CC(=O)Nc1ccccc1C)C(=O)c1ccc(S(=O)(=O)Nc2ccc(C)cc2)cc1. The van der Waals surface area contributed by atoms with Crippen molar-refractivity contribution >= 4 is 33.2 Å². The van der Waals surface area contributed by atoms with Gasteiger partial charge in [-0.2, -0.15) is 0 Å². The number of hydrogen-bond donors (Lipinski definition) is 2. The molecule has 0 spiro atoms. The molecule has 178 valence electrons. The van der Waals surface area contributed by atoms with E-state index in [0.29, 0.717) is 29.9 Å². The zero-order valence-electron chi connectivity index (χ0n) is 19.5. The van der Waals surface area contributed by atoms with E-state index < -0.39 is 10.0 Å². The number of sulfonamides is 1. The van der Waals surface area contributed by atoms with Gasteiger partial charge in [0.2, 0.25) is 5.91 Å². The summed E-state index contributed by atoms with van der Waals surface area (Å²) >= 11 is 0. The van der Waals surface area contributed by atoms with Gasteiger partial charge in [-0.3, -0.25) is 14.3 Å². The normalized spacial score (nSPS) is 11.0. The summed E-state index contributed by atoms with van der Waals surface area (Å²) in [4.78, 5) is 27.1. The molecular formula is C26H29N3O4S. The highest BCUT2D eigenvalue weighted by atomic mass is 32.2. The van der Waals surface area contributed by atoms with Gasteiger partial charge in [-0.1, -0.05) is 42.8 Å². The lowest BCUT2D eigenvalue weighted by Gasteiger charge is -2.22. The van der Waals surface area contributed by atoms with E-state index >= 15 is 0 Å². The van der Waals surface area contributed by atoms with E-state index in [4.69, 9.17) is 0 Å². The van der Waals surface area contributed by atoms with E-state index in [-0.39, 0.29) is 23.3 Å². The Balaban J connectivity index is 1.70. The fourth-order valence-corrected chi connectivity index (χ4v) is 4.45. The standard InChI is InChI=1S/C26H29N3O4S/c1-4-17-29(18-25(30)27-24-8-6-5-7-20(24)3)26(31)21-11-15-23(16-12-21)34(32,33)28-22-13-9-19(2)10-14-22/h5-16,28H,4,17-18H2,1-3H3,(H,27,30). The average molecular weight is 480 g/mol. The second kappa shape index (κ2) is 11.0. The van der Waals surface area contributed by atoms with Crippen molar-refractivity contribution in [3.8, 4) is 0 Å². The van der Waals surface area contributed by atoms with Gasteiger partial charge in [0.15, 0.2) is 0 Å². The predicted octanol–water partition coefficient (Wildman–Crippen LogP) is 4.60. The number of carbonyl (C=O) groups excluding carboxylic acids is 2. The molecule has 2 N–H and O–H groups in total. The molecule has 0 heterocycles. The van der Waals surface area contributed by atoms with Crippen molar-refractivity contribution in [2.45, 2.75) is 32.1 Å². The number of nitrogens with one attached hydrogen (secondary N) is 2. The van der Waals surface area contributed by atoms with E-state index in [2.05, 4.69) is 10.0 Å². The fourth-order valence-electron chi connectivity index (χ4n) is 3.39. The zero-order chi connectivity index (χ0) is 24.7. The summed E-state index contributed by atoms with van der Waals surface area (Å²) in [6.45, 7) is 6.03. The summed E-state index contributed by atoms with van der Waals surface area (Å²) in [5, 5.41) is 2.84. The van der Waals surface area contributed by atoms with E-state index in [1.54, 1.807) is 12.1 Å². The zero-order valence-corrected chi connectivity index (χ0v) is 20.4. The molecule has 34 heavy (non-hydrogen) atoms. The number of amides is 2. The Hall–Kier alpha value is -3.65. The Morgan fingerprint density at radius 3 is 2.15 bits per heavy atom. The third-order valence-electron chi connectivity index (χ3n) is 5.25. The average Bonchev–Trinajstić information content (AvgIpc) is 2.81. The van der Waals surface area contributed by atoms with Crippen molar-refractivity contribution in [3.63, 3.8) is 0 Å². The molecule has 0 aromatic heterocycles. The number of para-hydroxylation sites is 1. The van der Waals surface area contributed by atoms with E-state index in [1.807, 2.05) is 57.2 Å². The summed E-state index contributed by atoms with van der Waals surface area (Å²) in [7, 11) is -3.80. The van der Waals surface area contributed by atoms with E-state index in [0.717, 1.165) is 11.1 Å². The number of carbonyl (C=O) groups is 2.